The van der Waals surface area contributed by atoms with E-state index in [1.807, 2.05) is 48.5 Å². The molecule has 132 valence electrons. The van der Waals surface area contributed by atoms with Gasteiger partial charge in [-0.2, -0.15) is 0 Å². The first-order valence-corrected chi connectivity index (χ1v) is 8.39. The number of hydrogen-bond acceptors (Lipinski definition) is 3. The van der Waals surface area contributed by atoms with Gasteiger partial charge in [0.15, 0.2) is 11.5 Å². The summed E-state index contributed by atoms with van der Waals surface area (Å²) in [6.07, 6.45) is 3.29. The summed E-state index contributed by atoms with van der Waals surface area (Å²) in [5.41, 5.74) is 1.97. The molecule has 25 heavy (non-hydrogen) atoms. The monoisotopic (exact) mass is 339 g/mol. The summed E-state index contributed by atoms with van der Waals surface area (Å²) in [7, 11) is 1.60. The van der Waals surface area contributed by atoms with Crippen molar-refractivity contribution >= 4 is 12.0 Å². The summed E-state index contributed by atoms with van der Waals surface area (Å²) in [5, 5.41) is 2.85. The Morgan fingerprint density at radius 3 is 2.56 bits per heavy atom. The molecule has 1 amide bonds. The van der Waals surface area contributed by atoms with Gasteiger partial charge in [0.1, 0.15) is 6.61 Å². The van der Waals surface area contributed by atoms with Gasteiger partial charge in [0.25, 0.3) is 0 Å². The van der Waals surface area contributed by atoms with Gasteiger partial charge in [-0.05, 0) is 35.3 Å². The number of hydrogen-bond donors (Lipinski definition) is 1. The van der Waals surface area contributed by atoms with Crippen LogP contribution in [-0.4, -0.2) is 19.6 Å². The first kappa shape index (κ1) is 18.6. The lowest BCUT2D eigenvalue weighted by Gasteiger charge is -2.11. The lowest BCUT2D eigenvalue weighted by molar-refractivity contribution is -0.116. The molecule has 0 aliphatic carbocycles. The summed E-state index contributed by atoms with van der Waals surface area (Å²) < 4.78 is 11.2. The maximum atomic E-state index is 11.7. The van der Waals surface area contributed by atoms with Crippen LogP contribution in [0.25, 0.3) is 6.08 Å². The highest BCUT2D eigenvalue weighted by molar-refractivity contribution is 5.91. The van der Waals surface area contributed by atoms with E-state index in [1.54, 1.807) is 13.2 Å². The first-order valence-electron chi connectivity index (χ1n) is 8.39. The lowest BCUT2D eigenvalue weighted by Crippen LogP contribution is -2.25. The molecule has 0 heterocycles. The Balaban J connectivity index is 1.99. The van der Waals surface area contributed by atoms with Crippen LogP contribution in [0.2, 0.25) is 0 Å². The molecule has 0 aliphatic heterocycles. The van der Waals surface area contributed by atoms with Crippen LogP contribution in [0.1, 0.15) is 25.0 Å². The third-order valence-corrected chi connectivity index (χ3v) is 3.54. The minimum absolute atomic E-state index is 0.0999. The molecule has 0 unspecified atom stereocenters. The molecule has 1 N–H and O–H groups in total. The molecule has 2 aromatic carbocycles. The first-order chi connectivity index (χ1) is 12.1. The van der Waals surface area contributed by atoms with Crippen LogP contribution in [-0.2, 0) is 11.4 Å². The average molecular weight is 339 g/mol. The summed E-state index contributed by atoms with van der Waals surface area (Å²) in [6.45, 7) is 5.26. The molecule has 4 heteroatoms. The van der Waals surface area contributed by atoms with Crippen molar-refractivity contribution in [2.75, 3.05) is 13.7 Å². The highest BCUT2D eigenvalue weighted by atomic mass is 16.5. The van der Waals surface area contributed by atoms with Crippen molar-refractivity contribution in [2.45, 2.75) is 20.5 Å². The third-order valence-electron chi connectivity index (χ3n) is 3.54. The van der Waals surface area contributed by atoms with Gasteiger partial charge in [0.2, 0.25) is 5.91 Å². The van der Waals surface area contributed by atoms with Crippen molar-refractivity contribution in [1.29, 1.82) is 0 Å². The number of rotatable bonds is 8. The Kier molecular flexibility index (Phi) is 7.08. The second-order valence-corrected chi connectivity index (χ2v) is 6.16. The van der Waals surface area contributed by atoms with E-state index in [4.69, 9.17) is 9.47 Å². The second kappa shape index (κ2) is 9.52. The van der Waals surface area contributed by atoms with E-state index in [0.29, 0.717) is 30.6 Å². The molecule has 4 nitrogen and oxygen atoms in total. The average Bonchev–Trinajstić information content (AvgIpc) is 2.64. The zero-order valence-electron chi connectivity index (χ0n) is 15.0. The van der Waals surface area contributed by atoms with Crippen molar-refractivity contribution in [2.24, 2.45) is 5.92 Å². The van der Waals surface area contributed by atoms with Crippen LogP contribution in [0.5, 0.6) is 11.5 Å². The van der Waals surface area contributed by atoms with Crippen LogP contribution in [0.4, 0.5) is 0 Å². The molecular weight excluding hydrogens is 314 g/mol. The molecule has 0 radical (unpaired) electrons. The Morgan fingerprint density at radius 1 is 1.12 bits per heavy atom. The summed E-state index contributed by atoms with van der Waals surface area (Å²) >= 11 is 0. The Morgan fingerprint density at radius 2 is 1.88 bits per heavy atom. The van der Waals surface area contributed by atoms with E-state index in [2.05, 4.69) is 19.2 Å². The minimum Gasteiger partial charge on any atom is -0.493 e. The van der Waals surface area contributed by atoms with E-state index >= 15 is 0 Å². The minimum atomic E-state index is -0.0999. The molecule has 0 saturated heterocycles. The van der Waals surface area contributed by atoms with Crippen molar-refractivity contribution in [3.63, 3.8) is 0 Å². The summed E-state index contributed by atoms with van der Waals surface area (Å²) in [6, 6.07) is 15.6. The number of carbonyl (C=O) groups is 1. The topological polar surface area (TPSA) is 47.6 Å². The molecule has 0 saturated carbocycles. The van der Waals surface area contributed by atoms with Gasteiger partial charge < -0.3 is 14.8 Å². The maximum absolute atomic E-state index is 11.7. The molecule has 0 fully saturated rings. The lowest BCUT2D eigenvalue weighted by atomic mass is 10.1. The fourth-order valence-corrected chi connectivity index (χ4v) is 2.18. The van der Waals surface area contributed by atoms with Crippen molar-refractivity contribution in [3.05, 3.63) is 65.7 Å². The van der Waals surface area contributed by atoms with Gasteiger partial charge in [-0.15, -0.1) is 0 Å². The van der Waals surface area contributed by atoms with Crippen LogP contribution >= 0.6 is 0 Å². The summed E-state index contributed by atoms with van der Waals surface area (Å²) in [5.74, 6) is 1.64. The quantitative estimate of drug-likeness (QED) is 0.738. The van der Waals surface area contributed by atoms with Crippen LogP contribution in [0, 0.1) is 5.92 Å². The Bertz CT molecular complexity index is 708. The van der Waals surface area contributed by atoms with Gasteiger partial charge in [0.05, 0.1) is 7.11 Å². The van der Waals surface area contributed by atoms with Crippen LogP contribution in [0.15, 0.2) is 54.6 Å². The zero-order valence-corrected chi connectivity index (χ0v) is 15.0. The predicted octanol–water partition coefficient (Wildman–Crippen LogP) is 4.06. The molecule has 2 aromatic rings. The maximum Gasteiger partial charge on any atom is 0.244 e. The standard InChI is InChI=1S/C21H25NO3/c1-16(2)14-22-21(23)12-10-17-9-11-19(20(13-17)24-3)25-15-18-7-5-4-6-8-18/h4-13,16H,14-15H2,1-3H3,(H,22,23)/b12-10+. The van der Waals surface area contributed by atoms with Crippen molar-refractivity contribution in [3.8, 4) is 11.5 Å². The molecule has 0 atom stereocenters. The van der Waals surface area contributed by atoms with E-state index < -0.39 is 0 Å². The van der Waals surface area contributed by atoms with Crippen LogP contribution in [0.3, 0.4) is 0 Å². The van der Waals surface area contributed by atoms with Crippen LogP contribution < -0.4 is 14.8 Å². The molecular formula is C21H25NO3. The second-order valence-electron chi connectivity index (χ2n) is 6.16. The van der Waals surface area contributed by atoms with Gasteiger partial charge in [0, 0.05) is 12.6 Å². The van der Waals surface area contributed by atoms with Gasteiger partial charge in [-0.3, -0.25) is 4.79 Å². The SMILES string of the molecule is COc1cc(/C=C/C(=O)NCC(C)C)ccc1OCc1ccccc1. The van der Waals surface area contributed by atoms with E-state index in [9.17, 15) is 4.79 Å². The summed E-state index contributed by atoms with van der Waals surface area (Å²) in [4.78, 5) is 11.7. The number of methoxy groups -OCH3 is 1. The normalized spacial score (nSPS) is 10.9. The number of nitrogens with one attached hydrogen (secondary N) is 1. The van der Waals surface area contributed by atoms with Gasteiger partial charge in [-0.1, -0.05) is 50.2 Å². The molecule has 0 bridgehead atoms. The highest BCUT2D eigenvalue weighted by Gasteiger charge is 2.06. The van der Waals surface area contributed by atoms with Crippen molar-refractivity contribution in [1.82, 2.24) is 5.32 Å². The van der Waals surface area contributed by atoms with Crippen molar-refractivity contribution < 1.29 is 14.3 Å². The Labute approximate surface area is 149 Å². The Hall–Kier alpha value is -2.75. The largest absolute Gasteiger partial charge is 0.493 e. The van der Waals surface area contributed by atoms with E-state index in [1.165, 1.54) is 6.08 Å². The third kappa shape index (κ3) is 6.34. The smallest absolute Gasteiger partial charge is 0.244 e. The number of amides is 1. The molecule has 2 rings (SSSR count). The van der Waals surface area contributed by atoms with Gasteiger partial charge >= 0.3 is 0 Å². The molecule has 0 spiro atoms. The predicted molar refractivity (Wildman–Crippen MR) is 101 cm³/mol. The zero-order chi connectivity index (χ0) is 18.1. The molecule has 0 aromatic heterocycles. The number of carbonyl (C=O) groups excluding carboxylic acids is 1. The van der Waals surface area contributed by atoms with E-state index in [0.717, 1.165) is 11.1 Å². The molecule has 0 aliphatic rings. The fourth-order valence-electron chi connectivity index (χ4n) is 2.18. The van der Waals surface area contributed by atoms with Gasteiger partial charge in [-0.25, -0.2) is 0 Å². The number of ether oxygens (including phenoxy) is 2. The fraction of sp³-hybridized carbons (Fsp3) is 0.286. The van der Waals surface area contributed by atoms with E-state index in [-0.39, 0.29) is 5.91 Å². The highest BCUT2D eigenvalue weighted by Crippen LogP contribution is 2.29. The number of benzene rings is 2.